The van der Waals surface area contributed by atoms with Crippen molar-refractivity contribution in [3.63, 3.8) is 0 Å². The van der Waals surface area contributed by atoms with E-state index in [4.69, 9.17) is 10.5 Å². The maximum Gasteiger partial charge on any atom is 0.417 e. The van der Waals surface area contributed by atoms with Crippen LogP contribution in [0.4, 0.5) is 4.79 Å². The van der Waals surface area contributed by atoms with Crippen LogP contribution in [0.1, 0.15) is 22.7 Å². The van der Waals surface area contributed by atoms with Gasteiger partial charge in [-0.2, -0.15) is 0 Å². The first-order valence-electron chi connectivity index (χ1n) is 9.93. The van der Waals surface area contributed by atoms with Crippen molar-refractivity contribution in [2.45, 2.75) is 25.1 Å². The molecule has 158 valence electrons. The van der Waals surface area contributed by atoms with Gasteiger partial charge in [0.1, 0.15) is 25.0 Å². The minimum Gasteiger partial charge on any atom is -0.444 e. The van der Waals surface area contributed by atoms with Gasteiger partial charge in [-0.1, -0.05) is 91.0 Å². The molecule has 0 aliphatic heterocycles. The summed E-state index contributed by atoms with van der Waals surface area (Å²) in [5.41, 5.74) is 8.27. The number of benzene rings is 3. The fourth-order valence-corrected chi connectivity index (χ4v) is 3.19. The molecule has 31 heavy (non-hydrogen) atoms. The first kappa shape index (κ1) is 21.9. The molecule has 6 heteroatoms. The molecule has 0 fully saturated rings. The predicted octanol–water partition coefficient (Wildman–Crippen LogP) is 3.66. The fourth-order valence-electron chi connectivity index (χ4n) is 3.19. The van der Waals surface area contributed by atoms with Gasteiger partial charge >= 0.3 is 6.09 Å². The average Bonchev–Trinajstić information content (AvgIpc) is 2.83. The van der Waals surface area contributed by atoms with Gasteiger partial charge in [-0.25, -0.2) is 9.69 Å². The predicted molar refractivity (Wildman–Crippen MR) is 117 cm³/mol. The molecule has 0 aliphatic rings. The Morgan fingerprint density at radius 3 is 1.90 bits per heavy atom. The Morgan fingerprint density at radius 1 is 0.839 bits per heavy atom. The third-order valence-corrected chi connectivity index (χ3v) is 4.84. The van der Waals surface area contributed by atoms with Crippen LogP contribution in [-0.2, 0) is 27.4 Å². The average molecular weight is 416 g/mol. The van der Waals surface area contributed by atoms with Crippen molar-refractivity contribution >= 4 is 18.3 Å². The quantitative estimate of drug-likeness (QED) is 0.566. The lowest BCUT2D eigenvalue weighted by Crippen LogP contribution is -2.50. The summed E-state index contributed by atoms with van der Waals surface area (Å²) in [5, 5.41) is 0. The van der Waals surface area contributed by atoms with Crippen LogP contribution in [0.5, 0.6) is 0 Å². The summed E-state index contributed by atoms with van der Waals surface area (Å²) in [7, 11) is 0. The van der Waals surface area contributed by atoms with Crippen LogP contribution >= 0.6 is 0 Å². The monoisotopic (exact) mass is 416 g/mol. The lowest BCUT2D eigenvalue weighted by atomic mass is 10.0. The van der Waals surface area contributed by atoms with Gasteiger partial charge in [-0.3, -0.25) is 4.79 Å². The van der Waals surface area contributed by atoms with Crippen LogP contribution in [0.15, 0.2) is 91.0 Å². The first-order chi connectivity index (χ1) is 15.1. The number of carbonyl (C=O) groups excluding carboxylic acids is 3. The first-order valence-corrected chi connectivity index (χ1v) is 9.93. The third-order valence-electron chi connectivity index (χ3n) is 4.84. The molecule has 2 N–H and O–H groups in total. The number of nitrogens with two attached hydrogens (primary N) is 1. The van der Waals surface area contributed by atoms with Gasteiger partial charge in [0.2, 0.25) is 0 Å². The summed E-state index contributed by atoms with van der Waals surface area (Å²) >= 11 is 0. The van der Waals surface area contributed by atoms with Crippen LogP contribution in [0.25, 0.3) is 0 Å². The van der Waals surface area contributed by atoms with E-state index in [9.17, 15) is 14.4 Å². The van der Waals surface area contributed by atoms with E-state index >= 15 is 0 Å². The number of rotatable bonds is 8. The maximum absolute atomic E-state index is 13.2. The number of nitrogens with zero attached hydrogens (tertiary/aromatic N) is 1. The lowest BCUT2D eigenvalue weighted by Gasteiger charge is -2.28. The molecule has 6 nitrogen and oxygen atoms in total. The molecule has 0 bridgehead atoms. The highest BCUT2D eigenvalue weighted by Crippen LogP contribution is 2.18. The summed E-state index contributed by atoms with van der Waals surface area (Å²) in [4.78, 5) is 39.0. The molecular formula is C25H24N2O4. The van der Waals surface area contributed by atoms with Crippen molar-refractivity contribution in [2.24, 2.45) is 5.73 Å². The topological polar surface area (TPSA) is 89.7 Å². The molecule has 0 heterocycles. The molecule has 0 unspecified atom stereocenters. The van der Waals surface area contributed by atoms with Crippen molar-refractivity contribution in [3.05, 3.63) is 108 Å². The van der Waals surface area contributed by atoms with Crippen molar-refractivity contribution in [1.29, 1.82) is 0 Å². The van der Waals surface area contributed by atoms with E-state index in [1.54, 1.807) is 42.5 Å². The second-order valence-electron chi connectivity index (χ2n) is 7.03. The number of hydrogen-bond acceptors (Lipinski definition) is 5. The van der Waals surface area contributed by atoms with Gasteiger partial charge in [0.05, 0.1) is 0 Å². The van der Waals surface area contributed by atoms with E-state index in [0.29, 0.717) is 11.8 Å². The normalized spacial score (nSPS) is 12.4. The molecule has 2 atom stereocenters. The number of amides is 2. The smallest absolute Gasteiger partial charge is 0.417 e. The number of ether oxygens (including phenoxy) is 1. The SMILES string of the molecule is N[C@H](C(=O)N(C(=O)OCc1ccccc1)[C@H](C=O)Cc1ccccc1)c1ccccc1. The van der Waals surface area contributed by atoms with Crippen molar-refractivity contribution in [2.75, 3.05) is 0 Å². The van der Waals surface area contributed by atoms with E-state index in [-0.39, 0.29) is 13.0 Å². The molecule has 3 aromatic carbocycles. The molecule has 0 aliphatic carbocycles. The molecular weight excluding hydrogens is 392 g/mol. The zero-order valence-corrected chi connectivity index (χ0v) is 17.0. The summed E-state index contributed by atoms with van der Waals surface area (Å²) in [6.07, 6.45) is -0.169. The number of aldehydes is 1. The zero-order chi connectivity index (χ0) is 22.1. The third kappa shape index (κ3) is 5.87. The Morgan fingerprint density at radius 2 is 1.35 bits per heavy atom. The molecule has 0 saturated carbocycles. The largest absolute Gasteiger partial charge is 0.444 e. The van der Waals surface area contributed by atoms with E-state index in [2.05, 4.69) is 0 Å². The number of hydrogen-bond donors (Lipinski definition) is 1. The maximum atomic E-state index is 13.2. The highest BCUT2D eigenvalue weighted by Gasteiger charge is 2.35. The van der Waals surface area contributed by atoms with E-state index in [1.807, 2.05) is 48.5 Å². The summed E-state index contributed by atoms with van der Waals surface area (Å²) in [6.45, 7) is -0.0268. The van der Waals surface area contributed by atoms with Crippen LogP contribution in [0, 0.1) is 0 Å². The number of carbonyl (C=O) groups is 3. The van der Waals surface area contributed by atoms with Gasteiger partial charge in [-0.15, -0.1) is 0 Å². The van der Waals surface area contributed by atoms with E-state index in [0.717, 1.165) is 16.0 Å². The highest BCUT2D eigenvalue weighted by atomic mass is 16.6. The molecule has 0 saturated heterocycles. The molecule has 0 aromatic heterocycles. The van der Waals surface area contributed by atoms with Crippen molar-refractivity contribution < 1.29 is 19.1 Å². The molecule has 0 spiro atoms. The van der Waals surface area contributed by atoms with Gasteiger partial charge in [0.15, 0.2) is 0 Å². The Bertz CT molecular complexity index is 994. The van der Waals surface area contributed by atoms with Crippen LogP contribution in [0.3, 0.4) is 0 Å². The molecule has 2 amide bonds. The minimum atomic E-state index is -1.11. The van der Waals surface area contributed by atoms with E-state index < -0.39 is 24.1 Å². The van der Waals surface area contributed by atoms with Crippen LogP contribution in [0.2, 0.25) is 0 Å². The van der Waals surface area contributed by atoms with Crippen molar-refractivity contribution in [1.82, 2.24) is 4.90 Å². The van der Waals surface area contributed by atoms with Gasteiger partial charge in [-0.05, 0) is 16.7 Å². The lowest BCUT2D eigenvalue weighted by molar-refractivity contribution is -0.135. The Hall–Kier alpha value is -3.77. The Kier molecular flexibility index (Phi) is 7.67. The second kappa shape index (κ2) is 10.8. The number of imide groups is 1. The minimum absolute atomic E-state index is 0.0268. The van der Waals surface area contributed by atoms with Gasteiger partial charge < -0.3 is 15.3 Å². The molecule has 3 aromatic rings. The summed E-state index contributed by atoms with van der Waals surface area (Å²) in [6, 6.07) is 24.8. The van der Waals surface area contributed by atoms with Crippen LogP contribution in [-0.4, -0.2) is 29.2 Å². The van der Waals surface area contributed by atoms with Gasteiger partial charge in [0, 0.05) is 6.42 Å². The summed E-state index contributed by atoms with van der Waals surface area (Å²) in [5.74, 6) is -0.697. The second-order valence-corrected chi connectivity index (χ2v) is 7.03. The highest BCUT2D eigenvalue weighted by molar-refractivity contribution is 5.98. The van der Waals surface area contributed by atoms with Crippen molar-refractivity contribution in [3.8, 4) is 0 Å². The summed E-state index contributed by atoms with van der Waals surface area (Å²) < 4.78 is 5.37. The fraction of sp³-hybridized carbons (Fsp3) is 0.160. The molecule has 0 radical (unpaired) electrons. The Labute approximate surface area is 181 Å². The van der Waals surface area contributed by atoms with Gasteiger partial charge in [0.25, 0.3) is 5.91 Å². The molecule has 3 rings (SSSR count). The van der Waals surface area contributed by atoms with Crippen LogP contribution < -0.4 is 5.73 Å². The van der Waals surface area contributed by atoms with E-state index in [1.165, 1.54) is 0 Å². The standard InChI is InChI=1S/C25H24N2O4/c26-23(21-14-8-3-9-15-21)24(29)27(22(17-28)16-19-10-4-1-5-11-19)25(30)31-18-20-12-6-2-7-13-20/h1-15,17,22-23H,16,18,26H2/t22-,23-/m0/s1. The Balaban J connectivity index is 1.85. The zero-order valence-electron chi connectivity index (χ0n) is 17.0.